The number of hydrogen-bond acceptors (Lipinski definition) is 6. The first kappa shape index (κ1) is 17.5. The molecule has 2 rings (SSSR count). The van der Waals surface area contributed by atoms with Crippen molar-refractivity contribution in [1.82, 2.24) is 4.98 Å². The minimum Gasteiger partial charge on any atom is -0.462 e. The molecule has 5 nitrogen and oxygen atoms in total. The van der Waals surface area contributed by atoms with Crippen molar-refractivity contribution < 1.29 is 14.3 Å². The van der Waals surface area contributed by atoms with Gasteiger partial charge in [0, 0.05) is 4.90 Å². The topological polar surface area (TPSA) is 68.3 Å². The van der Waals surface area contributed by atoms with E-state index in [4.69, 9.17) is 4.74 Å². The zero-order valence-electron chi connectivity index (χ0n) is 13.2. The average Bonchev–Trinajstić information content (AvgIpc) is 2.88. The van der Waals surface area contributed by atoms with Gasteiger partial charge >= 0.3 is 5.97 Å². The Hall–Kier alpha value is -1.86. The van der Waals surface area contributed by atoms with Crippen LogP contribution in [0.15, 0.2) is 29.2 Å². The number of anilines is 1. The van der Waals surface area contributed by atoms with Gasteiger partial charge in [0.25, 0.3) is 0 Å². The number of carbonyl (C=O) groups excluding carboxylic acids is 2. The molecule has 0 aliphatic rings. The maximum atomic E-state index is 12.1. The monoisotopic (exact) mass is 350 g/mol. The van der Waals surface area contributed by atoms with E-state index < -0.39 is 5.97 Å². The van der Waals surface area contributed by atoms with Crippen LogP contribution in [0.4, 0.5) is 5.13 Å². The second kappa shape index (κ2) is 8.12. The van der Waals surface area contributed by atoms with Crippen LogP contribution >= 0.6 is 23.1 Å². The summed E-state index contributed by atoms with van der Waals surface area (Å²) in [5.41, 5.74) is 1.49. The van der Waals surface area contributed by atoms with Crippen LogP contribution in [0.2, 0.25) is 0 Å². The second-order valence-electron chi connectivity index (χ2n) is 4.73. The minimum atomic E-state index is -0.407. The summed E-state index contributed by atoms with van der Waals surface area (Å²) in [5, 5.41) is 3.15. The molecule has 0 bridgehead atoms. The summed E-state index contributed by atoms with van der Waals surface area (Å²) in [6.45, 7) is 3.78. The van der Waals surface area contributed by atoms with E-state index in [1.807, 2.05) is 30.5 Å². The molecule has 1 aromatic heterocycles. The first-order valence-electron chi connectivity index (χ1n) is 7.10. The molecule has 0 radical (unpaired) electrons. The number of benzene rings is 1. The number of nitrogens with one attached hydrogen (secondary N) is 1. The number of ether oxygens (including phenoxy) is 1. The molecule has 0 fully saturated rings. The van der Waals surface area contributed by atoms with Gasteiger partial charge in [-0.1, -0.05) is 23.5 Å². The summed E-state index contributed by atoms with van der Waals surface area (Å²) in [5.74, 6) is -0.568. The van der Waals surface area contributed by atoms with E-state index in [1.54, 1.807) is 25.6 Å². The van der Waals surface area contributed by atoms with E-state index in [1.165, 1.54) is 0 Å². The highest BCUT2D eigenvalue weighted by molar-refractivity contribution is 7.98. The molecule has 23 heavy (non-hydrogen) atoms. The molecular weight excluding hydrogens is 332 g/mol. The molecular formula is C16H18N2O3S2. The van der Waals surface area contributed by atoms with Gasteiger partial charge in [0.2, 0.25) is 5.91 Å². The van der Waals surface area contributed by atoms with Crippen molar-refractivity contribution in [1.29, 1.82) is 0 Å². The summed E-state index contributed by atoms with van der Waals surface area (Å²) in [4.78, 5) is 29.6. The number of carbonyl (C=O) groups is 2. The summed E-state index contributed by atoms with van der Waals surface area (Å²) < 4.78 is 4.96. The molecule has 0 unspecified atom stereocenters. The lowest BCUT2D eigenvalue weighted by molar-refractivity contribution is -0.115. The molecule has 1 aromatic carbocycles. The van der Waals surface area contributed by atoms with E-state index in [9.17, 15) is 9.59 Å². The van der Waals surface area contributed by atoms with Crippen LogP contribution in [0, 0.1) is 6.92 Å². The quantitative estimate of drug-likeness (QED) is 0.637. The fraction of sp³-hybridized carbons (Fsp3) is 0.312. The highest BCUT2D eigenvalue weighted by Crippen LogP contribution is 2.23. The van der Waals surface area contributed by atoms with Crippen molar-refractivity contribution in [3.05, 3.63) is 40.4 Å². The van der Waals surface area contributed by atoms with Crippen LogP contribution in [0.5, 0.6) is 0 Å². The van der Waals surface area contributed by atoms with Crippen molar-refractivity contribution in [2.45, 2.75) is 25.2 Å². The van der Waals surface area contributed by atoms with Crippen LogP contribution < -0.4 is 5.32 Å². The lowest BCUT2D eigenvalue weighted by Crippen LogP contribution is -2.14. The summed E-state index contributed by atoms with van der Waals surface area (Å²) in [6.07, 6.45) is 2.27. The molecule has 0 spiro atoms. The molecule has 1 N–H and O–H groups in total. The molecule has 122 valence electrons. The predicted octanol–water partition coefficient (Wildman–Crippen LogP) is 3.53. The van der Waals surface area contributed by atoms with E-state index in [-0.39, 0.29) is 12.3 Å². The SMILES string of the molecule is CCOC(=O)c1sc(NC(=O)Cc2ccc(SC)cc2)nc1C. The van der Waals surface area contributed by atoms with Crippen molar-refractivity contribution >= 4 is 40.1 Å². The summed E-state index contributed by atoms with van der Waals surface area (Å²) in [6, 6.07) is 7.84. The largest absolute Gasteiger partial charge is 0.462 e. The van der Waals surface area contributed by atoms with Gasteiger partial charge in [-0.3, -0.25) is 4.79 Å². The standard InChI is InChI=1S/C16H18N2O3S2/c1-4-21-15(20)14-10(2)17-16(23-14)18-13(19)9-11-5-7-12(22-3)8-6-11/h5-8H,4,9H2,1-3H3,(H,17,18,19). The smallest absolute Gasteiger partial charge is 0.350 e. The van der Waals surface area contributed by atoms with Crippen molar-refractivity contribution in [2.75, 3.05) is 18.2 Å². The highest BCUT2D eigenvalue weighted by Gasteiger charge is 2.17. The first-order valence-corrected chi connectivity index (χ1v) is 9.15. The molecule has 0 saturated heterocycles. The number of hydrogen-bond donors (Lipinski definition) is 1. The number of esters is 1. The van der Waals surface area contributed by atoms with E-state index in [0.717, 1.165) is 21.8 Å². The predicted molar refractivity (Wildman–Crippen MR) is 93.4 cm³/mol. The van der Waals surface area contributed by atoms with Gasteiger partial charge in [0.05, 0.1) is 18.7 Å². The fourth-order valence-corrected chi connectivity index (χ4v) is 3.21. The molecule has 0 atom stereocenters. The van der Waals surface area contributed by atoms with E-state index in [0.29, 0.717) is 22.3 Å². The third-order valence-corrected chi connectivity index (χ3v) is 4.82. The Kier molecular flexibility index (Phi) is 6.18. The normalized spacial score (nSPS) is 10.4. The Morgan fingerprint density at radius 3 is 2.61 bits per heavy atom. The lowest BCUT2D eigenvalue weighted by Gasteiger charge is -2.03. The van der Waals surface area contributed by atoms with Crippen molar-refractivity contribution in [2.24, 2.45) is 0 Å². The number of thioether (sulfide) groups is 1. The van der Waals surface area contributed by atoms with Crippen molar-refractivity contribution in [3.63, 3.8) is 0 Å². The van der Waals surface area contributed by atoms with Crippen LogP contribution in [-0.2, 0) is 16.0 Å². The molecule has 1 heterocycles. The molecule has 1 amide bonds. The summed E-state index contributed by atoms with van der Waals surface area (Å²) in [7, 11) is 0. The Balaban J connectivity index is 1.99. The zero-order chi connectivity index (χ0) is 16.8. The van der Waals surface area contributed by atoms with Gasteiger partial charge in [-0.15, -0.1) is 11.8 Å². The highest BCUT2D eigenvalue weighted by atomic mass is 32.2. The zero-order valence-corrected chi connectivity index (χ0v) is 14.8. The Morgan fingerprint density at radius 2 is 2.00 bits per heavy atom. The Bertz CT molecular complexity index is 696. The number of aryl methyl sites for hydroxylation is 1. The lowest BCUT2D eigenvalue weighted by atomic mass is 10.1. The number of aromatic nitrogens is 1. The molecule has 7 heteroatoms. The Labute approximate surface area is 143 Å². The number of rotatable bonds is 6. The van der Waals surface area contributed by atoms with Gasteiger partial charge < -0.3 is 10.1 Å². The third-order valence-electron chi connectivity index (χ3n) is 3.03. The maximum Gasteiger partial charge on any atom is 0.350 e. The van der Waals surface area contributed by atoms with Gasteiger partial charge in [-0.05, 0) is 37.8 Å². The number of amides is 1. The van der Waals surface area contributed by atoms with E-state index >= 15 is 0 Å². The van der Waals surface area contributed by atoms with E-state index in [2.05, 4.69) is 10.3 Å². The second-order valence-corrected chi connectivity index (χ2v) is 6.61. The summed E-state index contributed by atoms with van der Waals surface area (Å²) >= 11 is 2.79. The van der Waals surface area contributed by atoms with Crippen LogP contribution in [0.25, 0.3) is 0 Å². The molecule has 0 aliphatic heterocycles. The van der Waals surface area contributed by atoms with Gasteiger partial charge in [0.15, 0.2) is 5.13 Å². The van der Waals surface area contributed by atoms with Crippen LogP contribution in [-0.4, -0.2) is 29.7 Å². The number of thiazole rings is 1. The molecule has 0 aliphatic carbocycles. The van der Waals surface area contributed by atoms with Crippen molar-refractivity contribution in [3.8, 4) is 0 Å². The Morgan fingerprint density at radius 1 is 1.30 bits per heavy atom. The van der Waals surface area contributed by atoms with Gasteiger partial charge in [-0.2, -0.15) is 0 Å². The third kappa shape index (κ3) is 4.80. The minimum absolute atomic E-state index is 0.161. The van der Waals surface area contributed by atoms with Gasteiger partial charge in [-0.25, -0.2) is 9.78 Å². The maximum absolute atomic E-state index is 12.1. The average molecular weight is 350 g/mol. The van der Waals surface area contributed by atoms with Crippen LogP contribution in [0.1, 0.15) is 27.9 Å². The molecule has 2 aromatic rings. The van der Waals surface area contributed by atoms with Crippen LogP contribution in [0.3, 0.4) is 0 Å². The van der Waals surface area contributed by atoms with Gasteiger partial charge in [0.1, 0.15) is 4.88 Å². The molecule has 0 saturated carbocycles. The number of nitrogens with zero attached hydrogens (tertiary/aromatic N) is 1. The first-order chi connectivity index (χ1) is 11.0. The fourth-order valence-electron chi connectivity index (χ4n) is 1.93.